The van der Waals surface area contributed by atoms with E-state index in [2.05, 4.69) is 20.1 Å². The fourth-order valence-electron chi connectivity index (χ4n) is 3.80. The lowest BCUT2D eigenvalue weighted by Crippen LogP contribution is -2.23. The van der Waals surface area contributed by atoms with Gasteiger partial charge in [0.25, 0.3) is 5.91 Å². The van der Waals surface area contributed by atoms with E-state index in [4.69, 9.17) is 0 Å². The van der Waals surface area contributed by atoms with E-state index in [9.17, 15) is 28.8 Å². The molecule has 1 fully saturated rings. The maximum absolute atomic E-state index is 12.7. The van der Waals surface area contributed by atoms with E-state index in [1.54, 1.807) is 18.2 Å². The van der Waals surface area contributed by atoms with Crippen molar-refractivity contribution in [2.75, 3.05) is 10.6 Å². The molecule has 1 aliphatic carbocycles. The van der Waals surface area contributed by atoms with Crippen molar-refractivity contribution in [3.63, 3.8) is 0 Å². The first kappa shape index (κ1) is 21.0. The number of ether oxygens (including phenoxy) is 2. The molecule has 2 aliphatic heterocycles. The Hall–Kier alpha value is -4.86. The average Bonchev–Trinajstić information content (AvgIpc) is 3.27. The number of esters is 4. The van der Waals surface area contributed by atoms with Crippen molar-refractivity contribution in [2.24, 2.45) is 5.92 Å². The van der Waals surface area contributed by atoms with Gasteiger partial charge < -0.3 is 20.1 Å². The largest absolute Gasteiger partial charge is 0.386 e. The number of rotatable bonds is 4. The Bertz CT molecular complexity index is 1400. The lowest BCUT2D eigenvalue weighted by molar-refractivity contribution is -0.149. The maximum Gasteiger partial charge on any atom is 0.346 e. The number of benzene rings is 2. The number of carbonyl (C=O) groups excluding carboxylic acids is 6. The Morgan fingerprint density at radius 1 is 0.765 bits per heavy atom. The highest BCUT2D eigenvalue weighted by atomic mass is 16.6. The Labute approximate surface area is 191 Å². The first-order valence-corrected chi connectivity index (χ1v) is 10.1. The van der Waals surface area contributed by atoms with Gasteiger partial charge >= 0.3 is 23.9 Å². The number of anilines is 2. The van der Waals surface area contributed by atoms with E-state index >= 15 is 0 Å². The molecule has 2 aromatic rings. The summed E-state index contributed by atoms with van der Waals surface area (Å²) in [5.41, 5.74) is 1.28. The third-order valence-electron chi connectivity index (χ3n) is 5.49. The van der Waals surface area contributed by atoms with E-state index in [0.717, 1.165) is 0 Å². The van der Waals surface area contributed by atoms with Crippen molar-refractivity contribution < 1.29 is 38.2 Å². The molecule has 0 radical (unpaired) electrons. The SMILES string of the molecule is O=C1OC(=O)C2=CC(C(=O)Nc3cccc(NC(=O)c4ccc5c(c4)C(=O)OC5=O)c3)CC=C12. The third-order valence-corrected chi connectivity index (χ3v) is 5.49. The molecule has 10 heteroatoms. The fraction of sp³-hybridized carbons (Fsp3) is 0.0833. The van der Waals surface area contributed by atoms with Gasteiger partial charge in [0, 0.05) is 16.9 Å². The predicted octanol–water partition coefficient (Wildman–Crippen LogP) is 2.14. The van der Waals surface area contributed by atoms with Crippen LogP contribution >= 0.6 is 0 Å². The molecule has 3 aliphatic rings. The summed E-state index contributed by atoms with van der Waals surface area (Å²) in [6.45, 7) is 0. The van der Waals surface area contributed by atoms with Gasteiger partial charge in [0.1, 0.15) is 0 Å². The summed E-state index contributed by atoms with van der Waals surface area (Å²) in [5, 5.41) is 5.38. The Balaban J connectivity index is 1.27. The highest BCUT2D eigenvalue weighted by molar-refractivity contribution is 6.19. The molecule has 2 amide bonds. The Kier molecular flexibility index (Phi) is 4.90. The van der Waals surface area contributed by atoms with Crippen LogP contribution in [0.1, 0.15) is 37.5 Å². The molecule has 1 saturated heterocycles. The summed E-state index contributed by atoms with van der Waals surface area (Å²) in [4.78, 5) is 71.9. The van der Waals surface area contributed by atoms with Gasteiger partial charge in [-0.1, -0.05) is 18.2 Å². The van der Waals surface area contributed by atoms with E-state index in [1.165, 1.54) is 36.4 Å². The van der Waals surface area contributed by atoms with Crippen LogP contribution in [-0.4, -0.2) is 35.7 Å². The number of hydrogen-bond acceptors (Lipinski definition) is 8. The van der Waals surface area contributed by atoms with Crippen molar-refractivity contribution in [1.29, 1.82) is 0 Å². The number of hydrogen-bond donors (Lipinski definition) is 2. The van der Waals surface area contributed by atoms with Gasteiger partial charge in [-0.3, -0.25) is 9.59 Å². The molecule has 34 heavy (non-hydrogen) atoms. The molecule has 0 bridgehead atoms. The summed E-state index contributed by atoms with van der Waals surface area (Å²) >= 11 is 0. The van der Waals surface area contributed by atoms with Crippen LogP contribution in [0.2, 0.25) is 0 Å². The number of cyclic esters (lactones) is 4. The van der Waals surface area contributed by atoms with Crippen LogP contribution in [0.25, 0.3) is 0 Å². The van der Waals surface area contributed by atoms with E-state index in [-0.39, 0.29) is 34.3 Å². The summed E-state index contributed by atoms with van der Waals surface area (Å²) in [6.07, 6.45) is 3.14. The molecule has 0 aromatic heterocycles. The lowest BCUT2D eigenvalue weighted by atomic mass is 9.91. The molecule has 0 saturated carbocycles. The molecule has 10 nitrogen and oxygen atoms in total. The first-order chi connectivity index (χ1) is 16.3. The molecule has 2 aromatic carbocycles. The second kappa shape index (κ2) is 7.93. The van der Waals surface area contributed by atoms with Gasteiger partial charge in [-0.15, -0.1) is 0 Å². The normalized spacial score (nSPS) is 18.3. The molecule has 1 atom stereocenters. The van der Waals surface area contributed by atoms with Crippen molar-refractivity contribution in [3.05, 3.63) is 82.5 Å². The number of allylic oxidation sites excluding steroid dienone is 1. The van der Waals surface area contributed by atoms with Crippen LogP contribution in [0.5, 0.6) is 0 Å². The molecule has 0 spiro atoms. The van der Waals surface area contributed by atoms with Gasteiger partial charge in [0.05, 0.1) is 28.2 Å². The topological polar surface area (TPSA) is 145 Å². The highest BCUT2D eigenvalue weighted by Crippen LogP contribution is 2.30. The minimum atomic E-state index is -0.811. The zero-order valence-corrected chi connectivity index (χ0v) is 17.2. The van der Waals surface area contributed by atoms with Crippen LogP contribution in [0.3, 0.4) is 0 Å². The van der Waals surface area contributed by atoms with Crippen molar-refractivity contribution in [2.45, 2.75) is 6.42 Å². The number of carbonyl (C=O) groups is 6. The molecule has 1 unspecified atom stereocenters. The van der Waals surface area contributed by atoms with Crippen LogP contribution in [0.15, 0.2) is 65.8 Å². The smallest absolute Gasteiger partial charge is 0.346 e. The lowest BCUT2D eigenvalue weighted by Gasteiger charge is -2.16. The fourth-order valence-corrected chi connectivity index (χ4v) is 3.80. The minimum Gasteiger partial charge on any atom is -0.386 e. The number of amides is 2. The standard InChI is InChI=1S/C24H14N2O8/c27-19(11-4-6-15-17(8-11)23(31)33-21(15)29)25-13-2-1-3-14(10-13)26-20(28)12-5-7-16-18(9-12)24(32)34-22(16)30/h1-4,6-10,12H,5H2,(H,25,27)(H,26,28). The van der Waals surface area contributed by atoms with Gasteiger partial charge in [-0.05, 0) is 42.8 Å². The zero-order valence-electron chi connectivity index (χ0n) is 17.2. The van der Waals surface area contributed by atoms with Gasteiger partial charge in [0.15, 0.2) is 0 Å². The summed E-state index contributed by atoms with van der Waals surface area (Å²) < 4.78 is 9.07. The van der Waals surface area contributed by atoms with E-state index < -0.39 is 41.6 Å². The molecule has 2 heterocycles. The van der Waals surface area contributed by atoms with Crippen LogP contribution in [-0.2, 0) is 23.9 Å². The average molecular weight is 458 g/mol. The van der Waals surface area contributed by atoms with Gasteiger partial charge in [0.2, 0.25) is 5.91 Å². The van der Waals surface area contributed by atoms with Crippen LogP contribution in [0, 0.1) is 5.92 Å². The summed E-state index contributed by atoms with van der Waals surface area (Å²) in [6, 6.07) is 10.4. The van der Waals surface area contributed by atoms with E-state index in [0.29, 0.717) is 11.4 Å². The summed E-state index contributed by atoms with van der Waals surface area (Å²) in [5.74, 6) is -4.67. The quantitative estimate of drug-likeness (QED) is 0.524. The molecule has 2 N–H and O–H groups in total. The third kappa shape index (κ3) is 3.66. The second-order valence-electron chi connectivity index (χ2n) is 7.68. The number of fused-ring (bicyclic) bond motifs is 2. The zero-order chi connectivity index (χ0) is 24.0. The predicted molar refractivity (Wildman–Crippen MR) is 115 cm³/mol. The van der Waals surface area contributed by atoms with Crippen LogP contribution < -0.4 is 10.6 Å². The van der Waals surface area contributed by atoms with Crippen molar-refractivity contribution in [1.82, 2.24) is 0 Å². The van der Waals surface area contributed by atoms with Crippen LogP contribution in [0.4, 0.5) is 11.4 Å². The Morgan fingerprint density at radius 2 is 1.44 bits per heavy atom. The maximum atomic E-state index is 12.7. The first-order valence-electron chi connectivity index (χ1n) is 10.1. The molecule has 168 valence electrons. The summed E-state index contributed by atoms with van der Waals surface area (Å²) in [7, 11) is 0. The molecular weight excluding hydrogens is 444 g/mol. The van der Waals surface area contributed by atoms with Crippen molar-refractivity contribution in [3.8, 4) is 0 Å². The second-order valence-corrected chi connectivity index (χ2v) is 7.68. The van der Waals surface area contributed by atoms with Crippen molar-refractivity contribution >= 4 is 47.1 Å². The minimum absolute atomic E-state index is 0.0188. The van der Waals surface area contributed by atoms with Gasteiger partial charge in [-0.25, -0.2) is 19.2 Å². The monoisotopic (exact) mass is 458 g/mol. The van der Waals surface area contributed by atoms with E-state index in [1.807, 2.05) is 0 Å². The molecular formula is C24H14N2O8. The number of nitrogens with one attached hydrogen (secondary N) is 2. The highest BCUT2D eigenvalue weighted by Gasteiger charge is 2.37. The molecule has 5 rings (SSSR count). The Morgan fingerprint density at radius 3 is 2.24 bits per heavy atom. The van der Waals surface area contributed by atoms with Gasteiger partial charge in [-0.2, -0.15) is 0 Å².